The molecule has 0 aliphatic carbocycles. The molecule has 2 bridgehead atoms. The SMILES string of the molecule is CCc1cccc2cc(O)cc(-c3ncc4c(N5CC6CCC(C5)N6)nc(OC[C@@]56CCCN5C[C@H](F)C6)nc4c3F)c12. The average molecular weight is 587 g/mol. The van der Waals surface area contributed by atoms with E-state index in [2.05, 4.69) is 32.0 Å². The van der Waals surface area contributed by atoms with Crippen LogP contribution in [0.2, 0.25) is 0 Å². The number of phenolic OH excluding ortho intramolecular Hbond substituents is 1. The van der Waals surface area contributed by atoms with Gasteiger partial charge >= 0.3 is 6.01 Å². The molecule has 4 saturated heterocycles. The molecule has 4 aromatic rings. The minimum Gasteiger partial charge on any atom is -0.508 e. The molecule has 4 fully saturated rings. The first kappa shape index (κ1) is 27.0. The van der Waals surface area contributed by atoms with Crippen LogP contribution in [0.5, 0.6) is 11.8 Å². The van der Waals surface area contributed by atoms with Crippen LogP contribution in [-0.4, -0.2) is 81.5 Å². The number of phenols is 1. The number of anilines is 1. The van der Waals surface area contributed by atoms with Gasteiger partial charge in [0, 0.05) is 49.9 Å². The first-order valence-corrected chi connectivity index (χ1v) is 15.5. The van der Waals surface area contributed by atoms with Gasteiger partial charge in [-0.3, -0.25) is 9.88 Å². The van der Waals surface area contributed by atoms with Crippen LogP contribution in [0.4, 0.5) is 14.6 Å². The van der Waals surface area contributed by atoms with Crippen molar-refractivity contribution in [2.75, 3.05) is 37.7 Å². The monoisotopic (exact) mass is 586 g/mol. The summed E-state index contributed by atoms with van der Waals surface area (Å²) < 4.78 is 37.5. The number of halogens is 2. The van der Waals surface area contributed by atoms with E-state index < -0.39 is 12.0 Å². The first-order valence-electron chi connectivity index (χ1n) is 15.5. The van der Waals surface area contributed by atoms with Crippen LogP contribution >= 0.6 is 0 Å². The van der Waals surface area contributed by atoms with E-state index in [-0.39, 0.29) is 35.1 Å². The fraction of sp³-hybridized carbons (Fsp3) is 0.485. The molecule has 10 heteroatoms. The maximum atomic E-state index is 16.8. The summed E-state index contributed by atoms with van der Waals surface area (Å²) in [6.07, 6.45) is 6.02. The highest BCUT2D eigenvalue weighted by molar-refractivity contribution is 6.01. The van der Waals surface area contributed by atoms with Crippen molar-refractivity contribution in [1.29, 1.82) is 0 Å². The van der Waals surface area contributed by atoms with Gasteiger partial charge in [-0.2, -0.15) is 9.97 Å². The molecule has 2 unspecified atom stereocenters. The fourth-order valence-corrected chi connectivity index (χ4v) is 8.10. The second kappa shape index (κ2) is 10.2. The number of nitrogens with one attached hydrogen (secondary N) is 1. The Hall–Kier alpha value is -3.63. The van der Waals surface area contributed by atoms with Crippen LogP contribution in [0.1, 0.15) is 44.6 Å². The Bertz CT molecular complexity index is 1720. The first-order chi connectivity index (χ1) is 20.9. The molecule has 0 amide bonds. The number of piperazine rings is 1. The van der Waals surface area contributed by atoms with Crippen molar-refractivity contribution in [2.24, 2.45) is 0 Å². The molecule has 0 spiro atoms. The van der Waals surface area contributed by atoms with Crippen LogP contribution < -0.4 is 15.0 Å². The van der Waals surface area contributed by atoms with Gasteiger partial charge in [-0.05, 0) is 67.1 Å². The van der Waals surface area contributed by atoms with E-state index in [0.717, 1.165) is 68.1 Å². The third kappa shape index (κ3) is 4.49. The molecule has 8 nitrogen and oxygen atoms in total. The molecule has 0 radical (unpaired) electrons. The molecule has 8 rings (SSSR count). The van der Waals surface area contributed by atoms with Gasteiger partial charge in [0.2, 0.25) is 0 Å². The second-order valence-corrected chi connectivity index (χ2v) is 12.8. The van der Waals surface area contributed by atoms with Gasteiger partial charge in [-0.25, -0.2) is 8.78 Å². The lowest BCUT2D eigenvalue weighted by Gasteiger charge is -2.34. The molecular formula is C33H36F2N6O2. The molecule has 43 heavy (non-hydrogen) atoms. The molecule has 6 heterocycles. The molecule has 0 saturated carbocycles. The zero-order valence-corrected chi connectivity index (χ0v) is 24.3. The summed E-state index contributed by atoms with van der Waals surface area (Å²) in [4.78, 5) is 18.5. The van der Waals surface area contributed by atoms with Crippen LogP contribution in [0.15, 0.2) is 36.5 Å². The van der Waals surface area contributed by atoms with E-state index in [9.17, 15) is 9.50 Å². The Morgan fingerprint density at radius 2 is 1.98 bits per heavy atom. The molecule has 4 atom stereocenters. The van der Waals surface area contributed by atoms with Crippen molar-refractivity contribution < 1.29 is 18.6 Å². The summed E-state index contributed by atoms with van der Waals surface area (Å²) in [5, 5.41) is 16.4. The van der Waals surface area contributed by atoms with Gasteiger partial charge < -0.3 is 20.1 Å². The maximum Gasteiger partial charge on any atom is 0.319 e. The van der Waals surface area contributed by atoms with E-state index in [1.165, 1.54) is 0 Å². The van der Waals surface area contributed by atoms with Gasteiger partial charge in [0.05, 0.1) is 10.9 Å². The van der Waals surface area contributed by atoms with Crippen LogP contribution in [-0.2, 0) is 6.42 Å². The summed E-state index contributed by atoms with van der Waals surface area (Å²) in [6, 6.07) is 9.94. The lowest BCUT2D eigenvalue weighted by Crippen LogP contribution is -2.51. The number of hydrogen-bond acceptors (Lipinski definition) is 8. The number of fused-ring (bicyclic) bond motifs is 5. The van der Waals surface area contributed by atoms with Crippen molar-refractivity contribution in [2.45, 2.75) is 69.2 Å². The van der Waals surface area contributed by atoms with E-state index in [4.69, 9.17) is 9.72 Å². The third-order valence-electron chi connectivity index (χ3n) is 10.1. The number of ether oxygens (including phenoxy) is 1. The highest BCUT2D eigenvalue weighted by Gasteiger charge is 2.49. The molecule has 224 valence electrons. The minimum absolute atomic E-state index is 0.0452. The Morgan fingerprint density at radius 3 is 2.79 bits per heavy atom. The van der Waals surface area contributed by atoms with Gasteiger partial charge in [0.25, 0.3) is 0 Å². The van der Waals surface area contributed by atoms with Gasteiger partial charge in [-0.1, -0.05) is 25.1 Å². The Morgan fingerprint density at radius 1 is 1.14 bits per heavy atom. The second-order valence-electron chi connectivity index (χ2n) is 12.8. The summed E-state index contributed by atoms with van der Waals surface area (Å²) in [5.74, 6) is 0.0815. The molecule has 4 aliphatic heterocycles. The Labute approximate surface area is 249 Å². The number of benzene rings is 2. The quantitative estimate of drug-likeness (QED) is 0.321. The number of rotatable bonds is 6. The van der Waals surface area contributed by atoms with Crippen molar-refractivity contribution >= 4 is 27.5 Å². The van der Waals surface area contributed by atoms with Gasteiger partial charge in [-0.15, -0.1) is 0 Å². The van der Waals surface area contributed by atoms with Crippen LogP contribution in [0, 0.1) is 5.82 Å². The number of alkyl halides is 1. The molecule has 2 aromatic carbocycles. The lowest BCUT2D eigenvalue weighted by atomic mass is 9.95. The Kier molecular flexibility index (Phi) is 6.41. The summed E-state index contributed by atoms with van der Waals surface area (Å²) in [7, 11) is 0. The lowest BCUT2D eigenvalue weighted by molar-refractivity contribution is 0.107. The van der Waals surface area contributed by atoms with Crippen molar-refractivity contribution in [1.82, 2.24) is 25.2 Å². The van der Waals surface area contributed by atoms with Gasteiger partial charge in [0.15, 0.2) is 5.82 Å². The predicted octanol–water partition coefficient (Wildman–Crippen LogP) is 5.15. The third-order valence-corrected chi connectivity index (χ3v) is 10.1. The van der Waals surface area contributed by atoms with E-state index in [1.807, 2.05) is 18.2 Å². The molecule has 2 aromatic heterocycles. The smallest absolute Gasteiger partial charge is 0.319 e. The minimum atomic E-state index is -0.871. The summed E-state index contributed by atoms with van der Waals surface area (Å²) in [5.41, 5.74) is 1.46. The number of aryl methyl sites for hydroxylation is 1. The number of hydrogen-bond donors (Lipinski definition) is 2. The van der Waals surface area contributed by atoms with E-state index >= 15 is 4.39 Å². The molecule has 4 aliphatic rings. The topological polar surface area (TPSA) is 86.6 Å². The summed E-state index contributed by atoms with van der Waals surface area (Å²) in [6.45, 7) is 5.12. The predicted molar refractivity (Wildman–Crippen MR) is 162 cm³/mol. The number of nitrogens with zero attached hydrogens (tertiary/aromatic N) is 5. The van der Waals surface area contributed by atoms with E-state index in [1.54, 1.807) is 18.3 Å². The zero-order chi connectivity index (χ0) is 29.3. The molecular weight excluding hydrogens is 550 g/mol. The Balaban J connectivity index is 1.26. The highest BCUT2D eigenvalue weighted by Crippen LogP contribution is 2.42. The standard InChI is InChI=1S/C33H36F2N6O2/c1-2-19-5-3-6-20-11-24(42)12-25(27(19)20)29-28(35)30-26(14-36-29)31(40-16-22-7-8-23(17-40)37-22)39-32(38-30)43-18-33-9-4-10-41(33)15-21(34)13-33/h3,5-6,11-12,14,21-23,37,42H,2,4,7-10,13,15-18H2,1H3/t21-,22?,23?,33+/m1/s1. The fourth-order valence-electron chi connectivity index (χ4n) is 8.10. The number of aromatic nitrogens is 3. The van der Waals surface area contributed by atoms with Crippen molar-refractivity contribution in [3.05, 3.63) is 47.9 Å². The van der Waals surface area contributed by atoms with Crippen LogP contribution in [0.25, 0.3) is 32.9 Å². The number of aromatic hydroxyl groups is 1. The van der Waals surface area contributed by atoms with E-state index in [0.29, 0.717) is 41.8 Å². The average Bonchev–Trinajstić information content (AvgIpc) is 3.65. The van der Waals surface area contributed by atoms with Gasteiger partial charge in [0.1, 0.15) is 35.6 Å². The highest BCUT2D eigenvalue weighted by atomic mass is 19.1. The number of pyridine rings is 1. The normalized spacial score (nSPS) is 27.0. The van der Waals surface area contributed by atoms with Crippen LogP contribution in [0.3, 0.4) is 0 Å². The maximum absolute atomic E-state index is 16.8. The zero-order valence-electron chi connectivity index (χ0n) is 24.3. The molecule has 2 N–H and O–H groups in total. The largest absolute Gasteiger partial charge is 0.508 e. The summed E-state index contributed by atoms with van der Waals surface area (Å²) >= 11 is 0. The van der Waals surface area contributed by atoms with Crippen molar-refractivity contribution in [3.63, 3.8) is 0 Å². The van der Waals surface area contributed by atoms with Crippen molar-refractivity contribution in [3.8, 4) is 23.0 Å².